The van der Waals surface area contributed by atoms with E-state index in [1.807, 2.05) is 18.2 Å². The molecule has 0 radical (unpaired) electrons. The Morgan fingerprint density at radius 1 is 1.00 bits per heavy atom. The number of fused-ring (bicyclic) bond motifs is 1. The lowest BCUT2D eigenvalue weighted by Gasteiger charge is -2.27. The van der Waals surface area contributed by atoms with Gasteiger partial charge in [-0.15, -0.1) is 0 Å². The minimum absolute atomic E-state index is 0.326. The van der Waals surface area contributed by atoms with Crippen LogP contribution >= 0.6 is 0 Å². The third kappa shape index (κ3) is 3.40. The maximum Gasteiger partial charge on any atom is 0.208 e. The molecule has 5 nitrogen and oxygen atoms in total. The van der Waals surface area contributed by atoms with E-state index in [1.165, 1.54) is 5.56 Å². The maximum absolute atomic E-state index is 13.0. The Kier molecular flexibility index (Phi) is 4.80. The monoisotopic (exact) mass is 369 g/mol. The van der Waals surface area contributed by atoms with E-state index >= 15 is 0 Å². The smallest absolute Gasteiger partial charge is 0.208 e. The first-order valence-electron chi connectivity index (χ1n) is 8.98. The molecule has 1 aromatic heterocycles. The van der Waals surface area contributed by atoms with Crippen LogP contribution in [0, 0.1) is 0 Å². The van der Waals surface area contributed by atoms with E-state index < -0.39 is 9.84 Å². The first kappa shape index (κ1) is 17.3. The van der Waals surface area contributed by atoms with E-state index in [4.69, 9.17) is 0 Å². The molecule has 2 aromatic carbocycles. The van der Waals surface area contributed by atoms with Crippen molar-refractivity contribution in [3.8, 4) is 0 Å². The number of hydrogen-bond acceptors (Lipinski definition) is 4. The van der Waals surface area contributed by atoms with E-state index in [-0.39, 0.29) is 0 Å². The number of benzene rings is 2. The molecule has 0 atom stereocenters. The van der Waals surface area contributed by atoms with Crippen LogP contribution in [0.4, 0.5) is 0 Å². The number of H-pyrrole nitrogens is 1. The quantitative estimate of drug-likeness (QED) is 0.725. The van der Waals surface area contributed by atoms with Crippen LogP contribution in [0.15, 0.2) is 64.5 Å². The van der Waals surface area contributed by atoms with Gasteiger partial charge in [0.05, 0.1) is 9.79 Å². The van der Waals surface area contributed by atoms with E-state index in [0.29, 0.717) is 9.79 Å². The highest BCUT2D eigenvalue weighted by Crippen LogP contribution is 2.29. The second kappa shape index (κ2) is 7.23. The van der Waals surface area contributed by atoms with Crippen molar-refractivity contribution in [2.45, 2.75) is 16.2 Å². The van der Waals surface area contributed by atoms with Gasteiger partial charge < -0.3 is 15.2 Å². The summed E-state index contributed by atoms with van der Waals surface area (Å²) in [6, 6.07) is 14.7. The SMILES string of the molecule is O=S(=O)(c1ccccc1)c1c[nH]c2ccc(CCN3CCNCC3)cc12. The number of rotatable bonds is 5. The first-order chi connectivity index (χ1) is 12.6. The summed E-state index contributed by atoms with van der Waals surface area (Å²) in [5.74, 6) is 0. The summed E-state index contributed by atoms with van der Waals surface area (Å²) in [6.07, 6.45) is 2.53. The third-order valence-corrected chi connectivity index (χ3v) is 6.79. The molecule has 0 amide bonds. The second-order valence-corrected chi connectivity index (χ2v) is 8.61. The molecule has 2 heterocycles. The maximum atomic E-state index is 13.0. The standard InChI is InChI=1S/C20H23N3O2S/c24-26(25,17-4-2-1-3-5-17)20-15-22-19-7-6-16(14-18(19)20)8-11-23-12-9-21-10-13-23/h1-7,14-15,21-22H,8-13H2. The van der Waals surface area contributed by atoms with Crippen LogP contribution in [0.2, 0.25) is 0 Å². The molecule has 4 rings (SSSR count). The highest BCUT2D eigenvalue weighted by atomic mass is 32.2. The molecule has 2 N–H and O–H groups in total. The highest BCUT2D eigenvalue weighted by Gasteiger charge is 2.21. The Morgan fingerprint density at radius 2 is 1.77 bits per heavy atom. The zero-order chi connectivity index (χ0) is 18.0. The third-order valence-electron chi connectivity index (χ3n) is 4.98. The Bertz CT molecular complexity index is 990. The minimum atomic E-state index is -3.52. The van der Waals surface area contributed by atoms with Gasteiger partial charge in [0.25, 0.3) is 0 Å². The average molecular weight is 369 g/mol. The fourth-order valence-corrected chi connectivity index (χ4v) is 4.91. The Balaban J connectivity index is 1.62. The Hall–Kier alpha value is -2.15. The van der Waals surface area contributed by atoms with Crippen LogP contribution in [-0.4, -0.2) is 51.0 Å². The van der Waals surface area contributed by atoms with E-state index in [9.17, 15) is 8.42 Å². The number of aromatic nitrogens is 1. The van der Waals surface area contributed by atoms with E-state index in [1.54, 1.807) is 30.5 Å². The molecule has 1 fully saturated rings. The first-order valence-corrected chi connectivity index (χ1v) is 10.5. The molecule has 26 heavy (non-hydrogen) atoms. The molecule has 0 aliphatic carbocycles. The zero-order valence-corrected chi connectivity index (χ0v) is 15.4. The lowest BCUT2D eigenvalue weighted by molar-refractivity contribution is 0.244. The summed E-state index contributed by atoms with van der Waals surface area (Å²) in [5, 5.41) is 4.13. The van der Waals surface area contributed by atoms with Gasteiger partial charge in [-0.25, -0.2) is 8.42 Å². The fraction of sp³-hybridized carbons (Fsp3) is 0.300. The molecule has 0 saturated carbocycles. The van der Waals surface area contributed by atoms with Crippen molar-refractivity contribution in [3.63, 3.8) is 0 Å². The van der Waals surface area contributed by atoms with Crippen molar-refractivity contribution >= 4 is 20.7 Å². The van der Waals surface area contributed by atoms with Gasteiger partial charge in [0, 0.05) is 49.8 Å². The molecule has 1 aliphatic rings. The number of aromatic amines is 1. The number of piperazine rings is 1. The molecule has 1 aliphatic heterocycles. The largest absolute Gasteiger partial charge is 0.360 e. The molecule has 136 valence electrons. The second-order valence-electron chi connectivity index (χ2n) is 6.69. The minimum Gasteiger partial charge on any atom is -0.360 e. The van der Waals surface area contributed by atoms with Gasteiger partial charge >= 0.3 is 0 Å². The van der Waals surface area contributed by atoms with Gasteiger partial charge in [-0.2, -0.15) is 0 Å². The molecule has 0 spiro atoms. The van der Waals surface area contributed by atoms with Crippen LogP contribution in [0.3, 0.4) is 0 Å². The number of nitrogens with zero attached hydrogens (tertiary/aromatic N) is 1. The molecular formula is C20H23N3O2S. The van der Waals surface area contributed by atoms with Crippen molar-refractivity contribution in [2.75, 3.05) is 32.7 Å². The molecule has 1 saturated heterocycles. The predicted octanol–water partition coefficient (Wildman–Crippen LogP) is 2.45. The summed E-state index contributed by atoms with van der Waals surface area (Å²) < 4.78 is 26.0. The summed E-state index contributed by atoms with van der Waals surface area (Å²) in [5.41, 5.74) is 2.02. The van der Waals surface area contributed by atoms with Gasteiger partial charge in [-0.1, -0.05) is 24.3 Å². The lowest BCUT2D eigenvalue weighted by Crippen LogP contribution is -2.44. The topological polar surface area (TPSA) is 65.2 Å². The summed E-state index contributed by atoms with van der Waals surface area (Å²) in [6.45, 7) is 5.21. The number of nitrogens with one attached hydrogen (secondary N) is 2. The molecule has 0 bridgehead atoms. The van der Waals surface area contributed by atoms with Crippen LogP contribution in [0.5, 0.6) is 0 Å². The normalized spacial score (nSPS) is 16.2. The van der Waals surface area contributed by atoms with E-state index in [2.05, 4.69) is 21.3 Å². The summed E-state index contributed by atoms with van der Waals surface area (Å²) in [7, 11) is -3.52. The lowest BCUT2D eigenvalue weighted by atomic mass is 10.1. The number of hydrogen-bond donors (Lipinski definition) is 2. The van der Waals surface area contributed by atoms with Crippen molar-refractivity contribution in [1.29, 1.82) is 0 Å². The summed E-state index contributed by atoms with van der Waals surface area (Å²) >= 11 is 0. The van der Waals surface area contributed by atoms with Crippen LogP contribution in [0.1, 0.15) is 5.56 Å². The zero-order valence-electron chi connectivity index (χ0n) is 14.6. The number of sulfone groups is 1. The highest BCUT2D eigenvalue weighted by molar-refractivity contribution is 7.91. The van der Waals surface area contributed by atoms with Crippen LogP contribution in [0.25, 0.3) is 10.9 Å². The molecule has 3 aromatic rings. The van der Waals surface area contributed by atoms with Crippen molar-refractivity contribution in [1.82, 2.24) is 15.2 Å². The molecular weight excluding hydrogens is 346 g/mol. The van der Waals surface area contributed by atoms with Crippen LogP contribution < -0.4 is 5.32 Å². The predicted molar refractivity (Wildman–Crippen MR) is 103 cm³/mol. The Labute approximate surface area is 153 Å². The Morgan fingerprint density at radius 3 is 2.54 bits per heavy atom. The average Bonchev–Trinajstić information content (AvgIpc) is 3.12. The van der Waals surface area contributed by atoms with Gasteiger partial charge in [0.1, 0.15) is 0 Å². The van der Waals surface area contributed by atoms with Crippen molar-refractivity contribution < 1.29 is 8.42 Å². The van der Waals surface area contributed by atoms with Crippen LogP contribution in [-0.2, 0) is 16.3 Å². The molecule has 6 heteroatoms. The van der Waals surface area contributed by atoms with Gasteiger partial charge in [0.2, 0.25) is 9.84 Å². The van der Waals surface area contributed by atoms with Gasteiger partial charge in [0.15, 0.2) is 0 Å². The van der Waals surface area contributed by atoms with Crippen molar-refractivity contribution in [2.24, 2.45) is 0 Å². The summed E-state index contributed by atoms with van der Waals surface area (Å²) in [4.78, 5) is 6.22. The van der Waals surface area contributed by atoms with Gasteiger partial charge in [-0.3, -0.25) is 0 Å². The molecule has 0 unspecified atom stereocenters. The van der Waals surface area contributed by atoms with Gasteiger partial charge in [-0.05, 0) is 36.2 Å². The van der Waals surface area contributed by atoms with E-state index in [0.717, 1.165) is 50.0 Å². The fourth-order valence-electron chi connectivity index (χ4n) is 3.47. The van der Waals surface area contributed by atoms with Crippen molar-refractivity contribution in [3.05, 3.63) is 60.3 Å².